The molecule has 0 aliphatic heterocycles. The van der Waals surface area contributed by atoms with E-state index in [2.05, 4.69) is 10.1 Å². The van der Waals surface area contributed by atoms with E-state index >= 15 is 0 Å². The van der Waals surface area contributed by atoms with Crippen LogP contribution in [0.25, 0.3) is 5.65 Å². The molecule has 0 aliphatic rings. The van der Waals surface area contributed by atoms with E-state index in [1.807, 2.05) is 0 Å². The van der Waals surface area contributed by atoms with Gasteiger partial charge in [-0.25, -0.2) is 14.3 Å². The lowest BCUT2D eigenvalue weighted by atomic mass is 9.85. The minimum absolute atomic E-state index is 0.107. The summed E-state index contributed by atoms with van der Waals surface area (Å²) in [7, 11) is -1.69. The zero-order chi connectivity index (χ0) is 13.3. The van der Waals surface area contributed by atoms with Gasteiger partial charge in [-0.2, -0.15) is 0 Å². The molecule has 2 N–H and O–H groups in total. The summed E-state index contributed by atoms with van der Waals surface area (Å²) in [5.41, 5.74) is 1.29. The van der Waals surface area contributed by atoms with Crippen molar-refractivity contribution in [1.29, 1.82) is 0 Å². The maximum absolute atomic E-state index is 11.5. The van der Waals surface area contributed by atoms with Crippen LogP contribution in [-0.2, 0) is 4.74 Å². The van der Waals surface area contributed by atoms with Crippen molar-refractivity contribution < 1.29 is 19.6 Å². The van der Waals surface area contributed by atoms with E-state index in [1.54, 1.807) is 26.0 Å². The zero-order valence-electron chi connectivity index (χ0n) is 9.99. The normalized spacial score (nSPS) is 10.7. The van der Waals surface area contributed by atoms with Crippen LogP contribution in [-0.4, -0.2) is 44.3 Å². The number of carbonyl (C=O) groups excluding carboxylic acids is 1. The monoisotopic (exact) mass is 249 g/mol. The van der Waals surface area contributed by atoms with Crippen LogP contribution < -0.4 is 5.59 Å². The first-order valence-corrected chi connectivity index (χ1v) is 5.43. The van der Waals surface area contributed by atoms with Gasteiger partial charge in [-0.05, 0) is 31.5 Å². The number of hydrogen-bond acceptors (Lipinski definition) is 6. The van der Waals surface area contributed by atoms with Gasteiger partial charge in [-0.15, -0.1) is 5.10 Å². The smallest absolute Gasteiger partial charge is 0.460 e. The fourth-order valence-corrected chi connectivity index (χ4v) is 1.61. The Kier molecular flexibility index (Phi) is 3.31. The number of ether oxygens (including phenoxy) is 1. The molecule has 0 atom stereocenters. The first kappa shape index (κ1) is 12.5. The van der Waals surface area contributed by atoms with E-state index in [-0.39, 0.29) is 18.0 Å². The predicted molar refractivity (Wildman–Crippen MR) is 63.5 cm³/mol. The summed E-state index contributed by atoms with van der Waals surface area (Å²) in [5, 5.41) is 22.4. The van der Waals surface area contributed by atoms with Crippen molar-refractivity contribution >= 4 is 24.3 Å². The van der Waals surface area contributed by atoms with Gasteiger partial charge in [0.1, 0.15) is 0 Å². The molecule has 0 fully saturated rings. The van der Waals surface area contributed by atoms with Crippen LogP contribution in [0.5, 0.6) is 0 Å². The maximum Gasteiger partial charge on any atom is 0.508 e. The maximum atomic E-state index is 11.5. The number of nitrogens with zero attached hydrogens (tertiary/aromatic N) is 3. The van der Waals surface area contributed by atoms with E-state index in [4.69, 9.17) is 4.74 Å². The van der Waals surface area contributed by atoms with Crippen LogP contribution in [0.1, 0.15) is 23.1 Å². The summed E-state index contributed by atoms with van der Waals surface area (Å²) >= 11 is 0. The molecule has 0 saturated carbocycles. The molecule has 0 aromatic carbocycles. The summed E-state index contributed by atoms with van der Waals surface area (Å²) in [6.45, 7) is 3.69. The molecule has 2 aromatic rings. The average molecular weight is 249 g/mol. The highest BCUT2D eigenvalue weighted by molar-refractivity contribution is 6.57. The number of rotatable bonds is 3. The lowest BCUT2D eigenvalue weighted by Gasteiger charge is -2.03. The molecule has 0 spiro atoms. The van der Waals surface area contributed by atoms with Crippen LogP contribution in [0.15, 0.2) is 12.1 Å². The van der Waals surface area contributed by atoms with Gasteiger partial charge in [0.15, 0.2) is 5.65 Å². The van der Waals surface area contributed by atoms with Crippen LogP contribution in [0.2, 0.25) is 0 Å². The number of fused-ring (bicyclic) bond motifs is 1. The molecule has 0 radical (unpaired) electrons. The number of aromatic nitrogens is 3. The van der Waals surface area contributed by atoms with Gasteiger partial charge in [-0.3, -0.25) is 0 Å². The summed E-state index contributed by atoms with van der Waals surface area (Å²) in [6.07, 6.45) is 0. The van der Waals surface area contributed by atoms with E-state index in [0.717, 1.165) is 5.56 Å². The number of pyridine rings is 1. The average Bonchev–Trinajstić information content (AvgIpc) is 2.71. The molecule has 18 heavy (non-hydrogen) atoms. The van der Waals surface area contributed by atoms with Gasteiger partial charge in [0.2, 0.25) is 0 Å². The van der Waals surface area contributed by atoms with Crippen molar-refractivity contribution in [3.8, 4) is 0 Å². The molecule has 0 saturated heterocycles. The Morgan fingerprint density at radius 1 is 1.50 bits per heavy atom. The molecule has 0 unspecified atom stereocenters. The van der Waals surface area contributed by atoms with E-state index in [1.165, 1.54) is 4.52 Å². The van der Waals surface area contributed by atoms with Gasteiger partial charge >= 0.3 is 13.1 Å². The van der Waals surface area contributed by atoms with Crippen LogP contribution in [0, 0.1) is 6.92 Å². The lowest BCUT2D eigenvalue weighted by Crippen LogP contribution is -2.36. The molecule has 2 aromatic heterocycles. The fourth-order valence-electron chi connectivity index (χ4n) is 1.61. The van der Waals surface area contributed by atoms with Gasteiger partial charge < -0.3 is 14.8 Å². The Hall–Kier alpha value is -1.93. The second-order valence-electron chi connectivity index (χ2n) is 3.76. The molecule has 0 amide bonds. The fraction of sp³-hybridized carbons (Fsp3) is 0.300. The highest BCUT2D eigenvalue weighted by Crippen LogP contribution is 2.05. The minimum Gasteiger partial charge on any atom is -0.460 e. The molecular weight excluding hydrogens is 237 g/mol. The van der Waals surface area contributed by atoms with Crippen molar-refractivity contribution in [3.63, 3.8) is 0 Å². The van der Waals surface area contributed by atoms with E-state index < -0.39 is 13.1 Å². The summed E-state index contributed by atoms with van der Waals surface area (Å²) in [5.74, 6) is -0.749. The Morgan fingerprint density at radius 2 is 2.22 bits per heavy atom. The molecular formula is C10H12BN3O4. The van der Waals surface area contributed by atoms with Gasteiger partial charge in [0.05, 0.1) is 12.2 Å². The molecule has 2 rings (SSSR count). The van der Waals surface area contributed by atoms with Gasteiger partial charge in [0.25, 0.3) is 5.82 Å². The lowest BCUT2D eigenvalue weighted by molar-refractivity contribution is 0.0512. The standard InChI is InChI=1S/C10H12BN3O4/c1-3-18-10(15)9-12-8-5-6(2)4-7(11(16)17)14(8)13-9/h4-5,16-17H,3H2,1-2H3. The topological polar surface area (TPSA) is 97.0 Å². The van der Waals surface area contributed by atoms with E-state index in [9.17, 15) is 14.8 Å². The third-order valence-electron chi connectivity index (χ3n) is 2.33. The first-order valence-electron chi connectivity index (χ1n) is 5.43. The van der Waals surface area contributed by atoms with Crippen molar-refractivity contribution in [2.75, 3.05) is 6.61 Å². The van der Waals surface area contributed by atoms with E-state index in [0.29, 0.717) is 5.65 Å². The second kappa shape index (κ2) is 4.75. The third kappa shape index (κ3) is 2.20. The van der Waals surface area contributed by atoms with Crippen LogP contribution in [0.4, 0.5) is 0 Å². The minimum atomic E-state index is -1.69. The Labute approximate surface area is 103 Å². The Balaban J connectivity index is 2.56. The quantitative estimate of drug-likeness (QED) is 0.529. The van der Waals surface area contributed by atoms with Gasteiger partial charge in [0, 0.05) is 0 Å². The molecule has 94 valence electrons. The van der Waals surface area contributed by atoms with Crippen LogP contribution >= 0.6 is 0 Å². The summed E-state index contributed by atoms with van der Waals surface area (Å²) in [4.78, 5) is 15.5. The summed E-state index contributed by atoms with van der Waals surface area (Å²) in [6, 6.07) is 3.24. The number of hydrogen-bond donors (Lipinski definition) is 2. The molecule has 7 nitrogen and oxygen atoms in total. The third-order valence-corrected chi connectivity index (χ3v) is 2.33. The SMILES string of the molecule is CCOC(=O)c1nc2cc(C)cc(B(O)O)n2n1. The predicted octanol–water partition coefficient (Wildman–Crippen LogP) is -1.11. The number of aryl methyl sites for hydroxylation is 1. The molecule has 2 heterocycles. The van der Waals surface area contributed by atoms with Crippen molar-refractivity contribution in [3.05, 3.63) is 23.5 Å². The summed E-state index contributed by atoms with van der Waals surface area (Å²) < 4.78 is 6.00. The molecule has 0 bridgehead atoms. The van der Waals surface area contributed by atoms with Crippen molar-refractivity contribution in [2.45, 2.75) is 13.8 Å². The zero-order valence-corrected chi connectivity index (χ0v) is 9.99. The molecule has 0 aliphatic carbocycles. The Morgan fingerprint density at radius 3 is 2.83 bits per heavy atom. The van der Waals surface area contributed by atoms with Crippen molar-refractivity contribution in [2.24, 2.45) is 0 Å². The highest BCUT2D eigenvalue weighted by Gasteiger charge is 2.21. The highest BCUT2D eigenvalue weighted by atomic mass is 16.5. The van der Waals surface area contributed by atoms with Crippen molar-refractivity contribution in [1.82, 2.24) is 14.6 Å². The largest absolute Gasteiger partial charge is 0.508 e. The number of esters is 1. The van der Waals surface area contributed by atoms with Gasteiger partial charge in [-0.1, -0.05) is 0 Å². The second-order valence-corrected chi connectivity index (χ2v) is 3.76. The number of carbonyl (C=O) groups is 1. The first-order chi connectivity index (χ1) is 8.52. The Bertz CT molecular complexity index is 596. The van der Waals surface area contributed by atoms with Crippen LogP contribution in [0.3, 0.4) is 0 Å². The molecule has 8 heteroatoms.